The number of carbonyl (C=O) groups is 1. The van der Waals surface area contributed by atoms with Crippen LogP contribution in [0, 0.1) is 0 Å². The van der Waals surface area contributed by atoms with E-state index < -0.39 is 0 Å². The van der Waals surface area contributed by atoms with Crippen LogP contribution in [0.5, 0.6) is 0 Å². The lowest BCUT2D eigenvalue weighted by molar-refractivity contribution is 0.0600. The van der Waals surface area contributed by atoms with Crippen molar-refractivity contribution in [2.45, 2.75) is 12.8 Å². The zero-order chi connectivity index (χ0) is 12.8. The second kappa shape index (κ2) is 5.96. The molecule has 0 bridgehead atoms. The first-order valence-corrected chi connectivity index (χ1v) is 5.87. The van der Waals surface area contributed by atoms with E-state index in [1.807, 2.05) is 24.3 Å². The van der Waals surface area contributed by atoms with Gasteiger partial charge in [-0.05, 0) is 30.5 Å². The molecule has 0 unspecified atom stereocenters. The van der Waals surface area contributed by atoms with Gasteiger partial charge in [0.15, 0.2) is 0 Å². The van der Waals surface area contributed by atoms with Gasteiger partial charge in [0.1, 0.15) is 0 Å². The molecular weight excluding hydrogens is 226 g/mol. The van der Waals surface area contributed by atoms with Gasteiger partial charge >= 0.3 is 5.97 Å². The maximum absolute atomic E-state index is 11.2. The summed E-state index contributed by atoms with van der Waals surface area (Å²) in [5.74, 6) is -0.350. The number of hydrogen-bond donors (Lipinski definition) is 0. The first-order chi connectivity index (χ1) is 8.79. The molecule has 0 amide bonds. The van der Waals surface area contributed by atoms with Gasteiger partial charge in [-0.15, -0.1) is 0 Å². The molecule has 3 nitrogen and oxygen atoms in total. The lowest BCUT2D eigenvalue weighted by atomic mass is 10.1. The molecule has 3 heteroatoms. The predicted octanol–water partition coefficient (Wildman–Crippen LogP) is 2.65. The number of aromatic nitrogens is 1. The molecular formula is C15H15NO2. The van der Waals surface area contributed by atoms with E-state index in [0.717, 1.165) is 18.5 Å². The Bertz CT molecular complexity index is 506. The molecule has 0 saturated heterocycles. The van der Waals surface area contributed by atoms with Crippen molar-refractivity contribution in [1.82, 2.24) is 4.98 Å². The Balaban J connectivity index is 1.97. The van der Waals surface area contributed by atoms with E-state index in [-0.39, 0.29) is 5.97 Å². The molecule has 1 aromatic carbocycles. The number of nitrogens with zero attached hydrogens (tertiary/aromatic N) is 1. The number of methoxy groups -OCH3 is 1. The summed E-state index contributed by atoms with van der Waals surface area (Å²) >= 11 is 0. The molecule has 2 rings (SSSR count). The minimum atomic E-state index is -0.350. The van der Waals surface area contributed by atoms with Crippen LogP contribution in [0.3, 0.4) is 0 Å². The second-order valence-corrected chi connectivity index (χ2v) is 4.02. The van der Waals surface area contributed by atoms with Gasteiger partial charge in [0, 0.05) is 11.9 Å². The van der Waals surface area contributed by atoms with Gasteiger partial charge in [-0.1, -0.05) is 30.3 Å². The summed E-state index contributed by atoms with van der Waals surface area (Å²) in [5.41, 5.74) is 2.75. The summed E-state index contributed by atoms with van der Waals surface area (Å²) in [6.07, 6.45) is 3.38. The first kappa shape index (κ1) is 12.3. The van der Waals surface area contributed by atoms with E-state index in [9.17, 15) is 4.79 Å². The summed E-state index contributed by atoms with van der Waals surface area (Å²) in [5, 5.41) is 0. The molecule has 0 atom stereocenters. The SMILES string of the molecule is COC(=O)c1ccc(CCc2ccccc2)nc1. The molecule has 0 aliphatic carbocycles. The Morgan fingerprint density at radius 3 is 2.50 bits per heavy atom. The first-order valence-electron chi connectivity index (χ1n) is 5.87. The van der Waals surface area contributed by atoms with E-state index in [4.69, 9.17) is 0 Å². The number of hydrogen-bond acceptors (Lipinski definition) is 3. The van der Waals surface area contributed by atoms with Crippen molar-refractivity contribution in [3.63, 3.8) is 0 Å². The van der Waals surface area contributed by atoms with Crippen LogP contribution in [0.25, 0.3) is 0 Å². The highest BCUT2D eigenvalue weighted by molar-refractivity contribution is 5.88. The largest absolute Gasteiger partial charge is 0.465 e. The molecule has 1 aromatic heterocycles. The third-order valence-corrected chi connectivity index (χ3v) is 2.76. The van der Waals surface area contributed by atoms with Crippen LogP contribution in [0.4, 0.5) is 0 Å². The predicted molar refractivity (Wildman–Crippen MR) is 69.4 cm³/mol. The summed E-state index contributed by atoms with van der Waals surface area (Å²) in [4.78, 5) is 15.5. The maximum Gasteiger partial charge on any atom is 0.339 e. The number of ether oxygens (including phenoxy) is 1. The highest BCUT2D eigenvalue weighted by atomic mass is 16.5. The average Bonchev–Trinajstić information content (AvgIpc) is 2.46. The van der Waals surface area contributed by atoms with Crippen molar-refractivity contribution in [2.75, 3.05) is 7.11 Å². The van der Waals surface area contributed by atoms with Gasteiger partial charge in [0.05, 0.1) is 12.7 Å². The number of esters is 1. The molecule has 0 aliphatic heterocycles. The molecule has 0 spiro atoms. The summed E-state index contributed by atoms with van der Waals surface area (Å²) in [6, 6.07) is 13.9. The van der Waals surface area contributed by atoms with Gasteiger partial charge in [0.2, 0.25) is 0 Å². The Morgan fingerprint density at radius 2 is 1.89 bits per heavy atom. The smallest absolute Gasteiger partial charge is 0.339 e. The van der Waals surface area contributed by atoms with Crippen molar-refractivity contribution in [2.24, 2.45) is 0 Å². The molecule has 18 heavy (non-hydrogen) atoms. The van der Waals surface area contributed by atoms with Crippen molar-refractivity contribution in [3.8, 4) is 0 Å². The minimum absolute atomic E-state index is 0.350. The zero-order valence-electron chi connectivity index (χ0n) is 10.3. The summed E-state index contributed by atoms with van der Waals surface area (Å²) < 4.78 is 4.63. The van der Waals surface area contributed by atoms with E-state index >= 15 is 0 Å². The van der Waals surface area contributed by atoms with Gasteiger partial charge in [-0.2, -0.15) is 0 Å². The van der Waals surface area contributed by atoms with Gasteiger partial charge in [-0.3, -0.25) is 4.98 Å². The topological polar surface area (TPSA) is 39.2 Å². The fourth-order valence-corrected chi connectivity index (χ4v) is 1.73. The van der Waals surface area contributed by atoms with Gasteiger partial charge in [-0.25, -0.2) is 4.79 Å². The lowest BCUT2D eigenvalue weighted by Crippen LogP contribution is -2.03. The number of aryl methyl sites for hydroxylation is 2. The maximum atomic E-state index is 11.2. The fourth-order valence-electron chi connectivity index (χ4n) is 1.73. The van der Waals surface area contributed by atoms with Crippen LogP contribution in [0.15, 0.2) is 48.7 Å². The van der Waals surface area contributed by atoms with Crippen molar-refractivity contribution >= 4 is 5.97 Å². The molecule has 0 N–H and O–H groups in total. The molecule has 1 heterocycles. The number of rotatable bonds is 4. The summed E-state index contributed by atoms with van der Waals surface area (Å²) in [7, 11) is 1.37. The van der Waals surface area contributed by atoms with Crippen molar-refractivity contribution in [1.29, 1.82) is 0 Å². The standard InChI is InChI=1S/C15H15NO2/c1-18-15(17)13-8-10-14(16-11-13)9-7-12-5-3-2-4-6-12/h2-6,8,10-11H,7,9H2,1H3. The molecule has 0 aliphatic rings. The molecule has 0 saturated carbocycles. The molecule has 92 valence electrons. The normalized spacial score (nSPS) is 10.1. The van der Waals surface area contributed by atoms with Crippen LogP contribution in [-0.4, -0.2) is 18.1 Å². The Kier molecular flexibility index (Phi) is 4.07. The van der Waals surface area contributed by atoms with E-state index in [1.54, 1.807) is 12.3 Å². The average molecular weight is 241 g/mol. The number of pyridine rings is 1. The van der Waals surface area contributed by atoms with Gasteiger partial charge < -0.3 is 4.74 Å². The highest BCUT2D eigenvalue weighted by Gasteiger charge is 2.05. The van der Waals surface area contributed by atoms with Crippen LogP contribution in [0.2, 0.25) is 0 Å². The zero-order valence-corrected chi connectivity index (χ0v) is 10.3. The minimum Gasteiger partial charge on any atom is -0.465 e. The van der Waals surface area contributed by atoms with Crippen LogP contribution < -0.4 is 0 Å². The molecule has 2 aromatic rings. The van der Waals surface area contributed by atoms with Crippen LogP contribution >= 0.6 is 0 Å². The number of carbonyl (C=O) groups excluding carboxylic acids is 1. The Morgan fingerprint density at radius 1 is 1.11 bits per heavy atom. The second-order valence-electron chi connectivity index (χ2n) is 4.02. The third kappa shape index (κ3) is 3.17. The highest BCUT2D eigenvalue weighted by Crippen LogP contribution is 2.07. The number of benzene rings is 1. The quantitative estimate of drug-likeness (QED) is 0.772. The molecule has 0 fully saturated rings. The lowest BCUT2D eigenvalue weighted by Gasteiger charge is -2.03. The van der Waals surface area contributed by atoms with Crippen molar-refractivity contribution in [3.05, 3.63) is 65.5 Å². The molecule has 0 radical (unpaired) electrons. The van der Waals surface area contributed by atoms with E-state index in [1.165, 1.54) is 12.7 Å². The van der Waals surface area contributed by atoms with E-state index in [2.05, 4.69) is 21.9 Å². The van der Waals surface area contributed by atoms with Gasteiger partial charge in [0.25, 0.3) is 0 Å². The fraction of sp³-hybridized carbons (Fsp3) is 0.200. The van der Waals surface area contributed by atoms with E-state index in [0.29, 0.717) is 5.56 Å². The van der Waals surface area contributed by atoms with Crippen LogP contribution in [0.1, 0.15) is 21.6 Å². The monoisotopic (exact) mass is 241 g/mol. The Hall–Kier alpha value is -2.16. The Labute approximate surface area is 106 Å². The summed E-state index contributed by atoms with van der Waals surface area (Å²) in [6.45, 7) is 0. The van der Waals surface area contributed by atoms with Crippen LogP contribution in [-0.2, 0) is 17.6 Å². The third-order valence-electron chi connectivity index (χ3n) is 2.76. The van der Waals surface area contributed by atoms with Crippen molar-refractivity contribution < 1.29 is 9.53 Å².